The first-order chi connectivity index (χ1) is 11.9. The molecule has 4 nitrogen and oxygen atoms in total. The molecule has 0 atom stereocenters. The molecule has 0 spiro atoms. The third-order valence-corrected chi connectivity index (χ3v) is 4.48. The summed E-state index contributed by atoms with van der Waals surface area (Å²) in [5.74, 6) is 1.66. The Bertz CT molecular complexity index is 689. The molecule has 134 valence electrons. The maximum absolute atomic E-state index is 12.9. The molecular weight excluding hydrogens is 317 g/mol. The van der Waals surface area contributed by atoms with Gasteiger partial charge in [0.2, 0.25) is 0 Å². The van der Waals surface area contributed by atoms with Gasteiger partial charge in [0.1, 0.15) is 17.5 Å². The molecule has 1 aromatic carbocycles. The maximum Gasteiger partial charge on any atom is 0.135 e. The van der Waals surface area contributed by atoms with Crippen LogP contribution in [0, 0.1) is 5.82 Å². The summed E-state index contributed by atoms with van der Waals surface area (Å²) in [5.41, 5.74) is 0.960. The van der Waals surface area contributed by atoms with Gasteiger partial charge in [-0.1, -0.05) is 32.9 Å². The number of benzene rings is 1. The van der Waals surface area contributed by atoms with Crippen molar-refractivity contribution in [2.24, 2.45) is 0 Å². The molecule has 0 aliphatic carbocycles. The minimum Gasteiger partial charge on any atom is -0.373 e. The Balaban J connectivity index is 1.52. The molecule has 1 aromatic heterocycles. The van der Waals surface area contributed by atoms with Crippen molar-refractivity contribution in [2.45, 2.75) is 51.7 Å². The summed E-state index contributed by atoms with van der Waals surface area (Å²) < 4.78 is 18.9. The lowest BCUT2D eigenvalue weighted by Gasteiger charge is -2.33. The van der Waals surface area contributed by atoms with Crippen molar-refractivity contribution in [1.29, 1.82) is 0 Å². The van der Waals surface area contributed by atoms with E-state index in [1.54, 1.807) is 12.1 Å². The van der Waals surface area contributed by atoms with E-state index in [2.05, 4.69) is 30.7 Å². The minimum absolute atomic E-state index is 0.0490. The van der Waals surface area contributed by atoms with Crippen LogP contribution in [-0.2, 0) is 16.8 Å². The standard InChI is InChI=1S/C20H26FN3O/c1-20(2,3)19-22-11-8-18(23-19)24-12-9-17(10-13-24)25-14-15-4-6-16(21)7-5-15/h4-8,11,17H,9-10,12-14H2,1-3H3. The zero-order valence-electron chi connectivity index (χ0n) is 15.2. The second-order valence-corrected chi connectivity index (χ2v) is 7.61. The molecule has 1 fully saturated rings. The van der Waals surface area contributed by atoms with Gasteiger partial charge in [-0.25, -0.2) is 14.4 Å². The minimum atomic E-state index is -0.212. The fourth-order valence-corrected chi connectivity index (χ4v) is 2.93. The number of anilines is 1. The van der Waals surface area contributed by atoms with Crippen LogP contribution in [0.3, 0.4) is 0 Å². The monoisotopic (exact) mass is 343 g/mol. The Labute approximate surface area is 149 Å². The van der Waals surface area contributed by atoms with Crippen LogP contribution in [0.5, 0.6) is 0 Å². The van der Waals surface area contributed by atoms with Crippen LogP contribution in [0.25, 0.3) is 0 Å². The lowest BCUT2D eigenvalue weighted by atomic mass is 9.96. The lowest BCUT2D eigenvalue weighted by molar-refractivity contribution is 0.0250. The second kappa shape index (κ2) is 7.48. The maximum atomic E-state index is 12.9. The van der Waals surface area contributed by atoms with E-state index in [9.17, 15) is 4.39 Å². The van der Waals surface area contributed by atoms with Gasteiger partial charge in [0.15, 0.2) is 0 Å². The Hall–Kier alpha value is -2.01. The van der Waals surface area contributed by atoms with E-state index in [1.165, 1.54) is 12.1 Å². The molecule has 0 radical (unpaired) electrons. The van der Waals surface area contributed by atoms with E-state index >= 15 is 0 Å². The number of rotatable bonds is 4. The van der Waals surface area contributed by atoms with E-state index in [0.717, 1.165) is 43.1 Å². The molecular formula is C20H26FN3O. The first kappa shape index (κ1) is 17.8. The average Bonchev–Trinajstić information content (AvgIpc) is 2.61. The molecule has 5 heteroatoms. The lowest BCUT2D eigenvalue weighted by Crippen LogP contribution is -2.37. The summed E-state index contributed by atoms with van der Waals surface area (Å²) in [6.07, 6.45) is 4.02. The molecule has 3 rings (SSSR count). The molecule has 1 saturated heterocycles. The first-order valence-corrected chi connectivity index (χ1v) is 8.86. The number of ether oxygens (including phenoxy) is 1. The Kier molecular flexibility index (Phi) is 5.33. The van der Waals surface area contributed by atoms with Gasteiger partial charge in [-0.05, 0) is 36.6 Å². The van der Waals surface area contributed by atoms with Crippen molar-refractivity contribution < 1.29 is 9.13 Å². The predicted molar refractivity (Wildman–Crippen MR) is 97.2 cm³/mol. The van der Waals surface area contributed by atoms with Crippen molar-refractivity contribution >= 4 is 5.82 Å². The summed E-state index contributed by atoms with van der Waals surface area (Å²) >= 11 is 0. The molecule has 0 N–H and O–H groups in total. The van der Waals surface area contributed by atoms with Gasteiger partial charge in [-0.3, -0.25) is 0 Å². The average molecular weight is 343 g/mol. The molecule has 0 saturated carbocycles. The van der Waals surface area contributed by atoms with Crippen LogP contribution in [0.2, 0.25) is 0 Å². The Morgan fingerprint density at radius 1 is 1.12 bits per heavy atom. The molecule has 0 amide bonds. The van der Waals surface area contributed by atoms with Crippen LogP contribution < -0.4 is 4.90 Å². The first-order valence-electron chi connectivity index (χ1n) is 8.86. The highest BCUT2D eigenvalue weighted by molar-refractivity contribution is 5.38. The van der Waals surface area contributed by atoms with E-state index in [4.69, 9.17) is 9.72 Å². The summed E-state index contributed by atoms with van der Waals surface area (Å²) in [5, 5.41) is 0. The van der Waals surface area contributed by atoms with Gasteiger partial charge >= 0.3 is 0 Å². The topological polar surface area (TPSA) is 38.2 Å². The third-order valence-electron chi connectivity index (χ3n) is 4.48. The predicted octanol–water partition coefficient (Wildman–Crippen LogP) is 4.10. The van der Waals surface area contributed by atoms with Crippen LogP contribution in [0.1, 0.15) is 45.0 Å². The van der Waals surface area contributed by atoms with Gasteiger partial charge in [0, 0.05) is 24.7 Å². The van der Waals surface area contributed by atoms with Crippen molar-refractivity contribution in [1.82, 2.24) is 9.97 Å². The molecule has 2 heterocycles. The number of aromatic nitrogens is 2. The molecule has 1 aliphatic rings. The SMILES string of the molecule is CC(C)(C)c1nccc(N2CCC(OCc3ccc(F)cc3)CC2)n1. The van der Waals surface area contributed by atoms with Gasteiger partial charge in [-0.2, -0.15) is 0 Å². The summed E-state index contributed by atoms with van der Waals surface area (Å²) in [6, 6.07) is 8.49. The molecule has 0 bridgehead atoms. The van der Waals surface area contributed by atoms with E-state index < -0.39 is 0 Å². The second-order valence-electron chi connectivity index (χ2n) is 7.61. The van der Waals surface area contributed by atoms with Gasteiger partial charge in [0.05, 0.1) is 12.7 Å². The molecule has 0 unspecified atom stereocenters. The summed E-state index contributed by atoms with van der Waals surface area (Å²) in [7, 11) is 0. The highest BCUT2D eigenvalue weighted by Crippen LogP contribution is 2.23. The Morgan fingerprint density at radius 3 is 2.44 bits per heavy atom. The van der Waals surface area contributed by atoms with E-state index in [0.29, 0.717) is 6.61 Å². The van der Waals surface area contributed by atoms with Crippen LogP contribution in [-0.4, -0.2) is 29.2 Å². The molecule has 25 heavy (non-hydrogen) atoms. The summed E-state index contributed by atoms with van der Waals surface area (Å²) in [6.45, 7) is 8.76. The van der Waals surface area contributed by atoms with Crippen molar-refractivity contribution in [2.75, 3.05) is 18.0 Å². The highest BCUT2D eigenvalue weighted by atomic mass is 19.1. The van der Waals surface area contributed by atoms with Crippen LogP contribution in [0.4, 0.5) is 10.2 Å². The van der Waals surface area contributed by atoms with Crippen molar-refractivity contribution in [3.8, 4) is 0 Å². The largest absolute Gasteiger partial charge is 0.373 e. The molecule has 2 aromatic rings. The number of hydrogen-bond acceptors (Lipinski definition) is 4. The van der Waals surface area contributed by atoms with Crippen LogP contribution in [0.15, 0.2) is 36.5 Å². The quantitative estimate of drug-likeness (QED) is 0.838. The van der Waals surface area contributed by atoms with Crippen molar-refractivity contribution in [3.05, 3.63) is 53.7 Å². The summed E-state index contributed by atoms with van der Waals surface area (Å²) in [4.78, 5) is 11.4. The number of halogens is 1. The smallest absolute Gasteiger partial charge is 0.135 e. The fourth-order valence-electron chi connectivity index (χ4n) is 2.93. The van der Waals surface area contributed by atoms with E-state index in [-0.39, 0.29) is 17.3 Å². The zero-order chi connectivity index (χ0) is 17.9. The Morgan fingerprint density at radius 2 is 1.80 bits per heavy atom. The van der Waals surface area contributed by atoms with Crippen molar-refractivity contribution in [3.63, 3.8) is 0 Å². The van der Waals surface area contributed by atoms with Gasteiger partial charge < -0.3 is 9.64 Å². The van der Waals surface area contributed by atoms with Gasteiger partial charge in [0.25, 0.3) is 0 Å². The zero-order valence-corrected chi connectivity index (χ0v) is 15.2. The van der Waals surface area contributed by atoms with Gasteiger partial charge in [-0.15, -0.1) is 0 Å². The number of piperidine rings is 1. The third kappa shape index (κ3) is 4.75. The number of hydrogen-bond donors (Lipinski definition) is 0. The van der Waals surface area contributed by atoms with Crippen LogP contribution >= 0.6 is 0 Å². The number of nitrogens with zero attached hydrogens (tertiary/aromatic N) is 3. The highest BCUT2D eigenvalue weighted by Gasteiger charge is 2.23. The normalized spacial score (nSPS) is 16.2. The van der Waals surface area contributed by atoms with E-state index in [1.807, 2.05) is 12.3 Å². The molecule has 1 aliphatic heterocycles. The fraction of sp³-hybridized carbons (Fsp3) is 0.500.